The highest BCUT2D eigenvalue weighted by Gasteiger charge is 2.26. The van der Waals surface area contributed by atoms with Crippen LogP contribution in [0, 0.1) is 0 Å². The fourth-order valence-corrected chi connectivity index (χ4v) is 1.71. The van der Waals surface area contributed by atoms with Crippen LogP contribution in [-0.4, -0.2) is 40.4 Å². The third kappa shape index (κ3) is 3.43. The molecule has 0 aliphatic heterocycles. The normalized spacial score (nSPS) is 13.6. The number of benzene rings is 1. The number of aliphatic hydroxyl groups excluding tert-OH is 2. The van der Waals surface area contributed by atoms with E-state index in [-0.39, 0.29) is 16.9 Å². The van der Waals surface area contributed by atoms with Crippen LogP contribution in [0.3, 0.4) is 0 Å². The summed E-state index contributed by atoms with van der Waals surface area (Å²) in [5, 5.41) is 28.6. The average molecular weight is 269 g/mol. The molecule has 0 saturated heterocycles. The van der Waals surface area contributed by atoms with Gasteiger partial charge in [-0.1, -0.05) is 12.1 Å². The van der Waals surface area contributed by atoms with E-state index < -0.39 is 30.5 Å². The maximum Gasteiger partial charge on any atom is 0.339 e. The van der Waals surface area contributed by atoms with Crippen LogP contribution in [0.1, 0.15) is 28.4 Å². The Morgan fingerprint density at radius 3 is 2.47 bits per heavy atom. The smallest absolute Gasteiger partial charge is 0.339 e. The van der Waals surface area contributed by atoms with Gasteiger partial charge in [0.1, 0.15) is 17.4 Å². The fourth-order valence-electron chi connectivity index (χ4n) is 1.71. The van der Waals surface area contributed by atoms with E-state index in [1.165, 1.54) is 25.3 Å². The van der Waals surface area contributed by atoms with Gasteiger partial charge in [0.05, 0.1) is 19.6 Å². The van der Waals surface area contributed by atoms with Crippen LogP contribution in [-0.2, 0) is 4.79 Å². The standard InChI is InChI=1S/C12H15NO6/c1-19-11-6(3-2-4-7(11)12(17)18)10(16)8(14)5-9(13)15/h2-4,8,10,14,16H,5H2,1H3,(H2,13,15)(H,17,18). The predicted octanol–water partition coefficient (Wildman–Crippen LogP) is -0.337. The molecular formula is C12H15NO6. The lowest BCUT2D eigenvalue weighted by atomic mass is 9.98. The molecule has 1 rings (SSSR count). The van der Waals surface area contributed by atoms with E-state index >= 15 is 0 Å². The Bertz CT molecular complexity index is 487. The summed E-state index contributed by atoms with van der Waals surface area (Å²) in [6, 6.07) is 4.11. The number of ether oxygens (including phenoxy) is 1. The first-order valence-electron chi connectivity index (χ1n) is 5.43. The van der Waals surface area contributed by atoms with Crippen molar-refractivity contribution in [2.75, 3.05) is 7.11 Å². The Hall–Kier alpha value is -2.12. The lowest BCUT2D eigenvalue weighted by Gasteiger charge is -2.20. The van der Waals surface area contributed by atoms with E-state index in [1.54, 1.807) is 0 Å². The molecular weight excluding hydrogens is 254 g/mol. The predicted molar refractivity (Wildman–Crippen MR) is 64.7 cm³/mol. The van der Waals surface area contributed by atoms with Crippen LogP contribution in [0.25, 0.3) is 0 Å². The lowest BCUT2D eigenvalue weighted by Crippen LogP contribution is -2.26. The molecule has 0 fully saturated rings. The summed E-state index contributed by atoms with van der Waals surface area (Å²) in [7, 11) is 1.25. The van der Waals surface area contributed by atoms with E-state index in [0.717, 1.165) is 0 Å². The summed E-state index contributed by atoms with van der Waals surface area (Å²) in [6.45, 7) is 0. The number of carbonyl (C=O) groups is 2. The minimum atomic E-state index is -1.47. The molecule has 5 N–H and O–H groups in total. The van der Waals surface area contributed by atoms with Gasteiger partial charge in [-0.15, -0.1) is 0 Å². The van der Waals surface area contributed by atoms with Gasteiger partial charge < -0.3 is 25.8 Å². The first-order chi connectivity index (χ1) is 8.88. The number of methoxy groups -OCH3 is 1. The van der Waals surface area contributed by atoms with Gasteiger partial charge in [-0.05, 0) is 6.07 Å². The fraction of sp³-hybridized carbons (Fsp3) is 0.333. The van der Waals surface area contributed by atoms with Crippen molar-refractivity contribution in [3.05, 3.63) is 29.3 Å². The second-order valence-electron chi connectivity index (χ2n) is 3.92. The minimum Gasteiger partial charge on any atom is -0.495 e. The van der Waals surface area contributed by atoms with Crippen molar-refractivity contribution in [1.29, 1.82) is 0 Å². The van der Waals surface area contributed by atoms with Crippen LogP contribution in [0.4, 0.5) is 0 Å². The third-order valence-electron chi connectivity index (χ3n) is 2.57. The van der Waals surface area contributed by atoms with Gasteiger partial charge in [0.25, 0.3) is 0 Å². The number of hydrogen-bond acceptors (Lipinski definition) is 5. The molecule has 2 atom stereocenters. The maximum atomic E-state index is 11.0. The third-order valence-corrected chi connectivity index (χ3v) is 2.57. The van der Waals surface area contributed by atoms with Crippen molar-refractivity contribution < 1.29 is 29.6 Å². The Morgan fingerprint density at radius 1 is 1.37 bits per heavy atom. The largest absolute Gasteiger partial charge is 0.495 e. The Balaban J connectivity index is 3.15. The molecule has 0 aliphatic rings. The second-order valence-corrected chi connectivity index (χ2v) is 3.92. The van der Waals surface area contributed by atoms with Gasteiger partial charge in [-0.2, -0.15) is 0 Å². The topological polar surface area (TPSA) is 130 Å². The van der Waals surface area contributed by atoms with E-state index in [1.807, 2.05) is 0 Å². The van der Waals surface area contributed by atoms with Crippen molar-refractivity contribution in [1.82, 2.24) is 0 Å². The number of nitrogens with two attached hydrogens (primary N) is 1. The zero-order valence-corrected chi connectivity index (χ0v) is 10.2. The number of primary amides is 1. The van der Waals surface area contributed by atoms with Gasteiger partial charge in [-0.25, -0.2) is 4.79 Å². The number of amides is 1. The number of rotatable bonds is 6. The van der Waals surface area contributed by atoms with Gasteiger partial charge in [0, 0.05) is 5.56 Å². The molecule has 7 nitrogen and oxygen atoms in total. The molecule has 19 heavy (non-hydrogen) atoms. The highest BCUT2D eigenvalue weighted by atomic mass is 16.5. The lowest BCUT2D eigenvalue weighted by molar-refractivity contribution is -0.121. The number of para-hydroxylation sites is 1. The molecule has 2 unspecified atom stereocenters. The molecule has 0 radical (unpaired) electrons. The van der Waals surface area contributed by atoms with Gasteiger partial charge >= 0.3 is 5.97 Å². The highest BCUT2D eigenvalue weighted by molar-refractivity contribution is 5.91. The molecule has 0 aliphatic carbocycles. The molecule has 1 amide bonds. The van der Waals surface area contributed by atoms with Crippen molar-refractivity contribution in [2.24, 2.45) is 5.73 Å². The van der Waals surface area contributed by atoms with E-state index in [4.69, 9.17) is 15.6 Å². The molecule has 0 aromatic heterocycles. The molecule has 0 spiro atoms. The number of carboxylic acid groups (broad SMARTS) is 1. The van der Waals surface area contributed by atoms with Crippen LogP contribution in [0.15, 0.2) is 18.2 Å². The summed E-state index contributed by atoms with van der Waals surface area (Å²) in [4.78, 5) is 21.7. The monoisotopic (exact) mass is 269 g/mol. The molecule has 7 heteroatoms. The first kappa shape index (κ1) is 14.9. The van der Waals surface area contributed by atoms with Gasteiger partial charge in [0.2, 0.25) is 5.91 Å². The number of hydrogen-bond donors (Lipinski definition) is 4. The molecule has 0 saturated carbocycles. The summed E-state index contributed by atoms with van der Waals surface area (Å²) < 4.78 is 4.95. The van der Waals surface area contributed by atoms with E-state index in [2.05, 4.69) is 0 Å². The van der Waals surface area contributed by atoms with Crippen molar-refractivity contribution in [3.8, 4) is 5.75 Å². The first-order valence-corrected chi connectivity index (χ1v) is 5.43. The number of aliphatic hydroxyl groups is 2. The minimum absolute atomic E-state index is 0.0639. The Kier molecular flexibility index (Phi) is 4.85. The summed E-state index contributed by atoms with van der Waals surface area (Å²) in [5.74, 6) is -2.07. The second kappa shape index (κ2) is 6.17. The Morgan fingerprint density at radius 2 is 2.00 bits per heavy atom. The zero-order valence-electron chi connectivity index (χ0n) is 10.2. The summed E-state index contributed by atoms with van der Waals surface area (Å²) in [6.07, 6.45) is -3.35. The molecule has 104 valence electrons. The average Bonchev–Trinajstić information content (AvgIpc) is 2.35. The maximum absolute atomic E-state index is 11.0. The van der Waals surface area contributed by atoms with E-state index in [9.17, 15) is 19.8 Å². The highest BCUT2D eigenvalue weighted by Crippen LogP contribution is 2.31. The summed E-state index contributed by atoms with van der Waals surface area (Å²) >= 11 is 0. The van der Waals surface area contributed by atoms with Gasteiger partial charge in [0.15, 0.2) is 0 Å². The van der Waals surface area contributed by atoms with Crippen LogP contribution in [0.5, 0.6) is 5.75 Å². The quantitative estimate of drug-likeness (QED) is 0.559. The number of carboxylic acids is 1. The van der Waals surface area contributed by atoms with Crippen molar-refractivity contribution in [3.63, 3.8) is 0 Å². The number of aromatic carboxylic acids is 1. The van der Waals surface area contributed by atoms with Crippen LogP contribution >= 0.6 is 0 Å². The van der Waals surface area contributed by atoms with Crippen molar-refractivity contribution in [2.45, 2.75) is 18.6 Å². The van der Waals surface area contributed by atoms with Crippen LogP contribution < -0.4 is 10.5 Å². The van der Waals surface area contributed by atoms with Crippen LogP contribution in [0.2, 0.25) is 0 Å². The number of carbonyl (C=O) groups excluding carboxylic acids is 1. The zero-order chi connectivity index (χ0) is 14.6. The molecule has 0 bridgehead atoms. The molecule has 1 aromatic rings. The Labute approximate surface area is 109 Å². The molecule has 0 heterocycles. The molecule has 1 aromatic carbocycles. The summed E-state index contributed by atoms with van der Waals surface area (Å²) in [5.41, 5.74) is 4.85. The van der Waals surface area contributed by atoms with Gasteiger partial charge in [-0.3, -0.25) is 4.79 Å². The van der Waals surface area contributed by atoms with Crippen molar-refractivity contribution >= 4 is 11.9 Å². The SMILES string of the molecule is COc1c(C(=O)O)cccc1C(O)C(O)CC(N)=O. The van der Waals surface area contributed by atoms with E-state index in [0.29, 0.717) is 0 Å².